The van der Waals surface area contributed by atoms with E-state index in [0.717, 1.165) is 42.2 Å². The molecule has 4 rings (SSSR count). The summed E-state index contributed by atoms with van der Waals surface area (Å²) < 4.78 is 6.14. The Kier molecular flexibility index (Phi) is 3.58. The molecule has 4 heteroatoms. The number of benzene rings is 1. The maximum absolute atomic E-state index is 6.14. The number of hydrogen-bond donors (Lipinski definition) is 0. The average molecular weight is 305 g/mol. The Hall–Kier alpha value is -2.62. The van der Waals surface area contributed by atoms with E-state index in [1.165, 1.54) is 5.39 Å². The number of nitrogens with zero attached hydrogens (tertiary/aromatic N) is 3. The zero-order chi connectivity index (χ0) is 15.6. The molecule has 3 heterocycles. The number of anilines is 1. The van der Waals surface area contributed by atoms with Crippen LogP contribution in [-0.4, -0.2) is 29.2 Å². The number of aromatic nitrogens is 2. The number of para-hydroxylation sites is 1. The lowest BCUT2D eigenvalue weighted by molar-refractivity contribution is 0.223. The van der Waals surface area contributed by atoms with Crippen molar-refractivity contribution in [1.82, 2.24) is 9.97 Å². The molecule has 1 saturated heterocycles. The topological polar surface area (TPSA) is 38.2 Å². The van der Waals surface area contributed by atoms with Gasteiger partial charge >= 0.3 is 0 Å². The van der Waals surface area contributed by atoms with E-state index >= 15 is 0 Å². The molecule has 1 fully saturated rings. The Morgan fingerprint density at radius 2 is 2.04 bits per heavy atom. The quantitative estimate of drug-likeness (QED) is 0.741. The average Bonchev–Trinajstić information content (AvgIpc) is 3.05. The van der Waals surface area contributed by atoms with Gasteiger partial charge in [-0.05, 0) is 31.2 Å². The van der Waals surface area contributed by atoms with Crippen molar-refractivity contribution in [3.63, 3.8) is 0 Å². The van der Waals surface area contributed by atoms with Crippen LogP contribution < -0.4 is 9.64 Å². The Morgan fingerprint density at radius 3 is 2.96 bits per heavy atom. The predicted molar refractivity (Wildman–Crippen MR) is 92.0 cm³/mol. The molecular formula is C19H19N3O. The highest BCUT2D eigenvalue weighted by Gasteiger charge is 2.25. The standard InChI is InChI=1S/C19H19N3O/c1-14-12-20-10-8-18(14)23-16-9-11-22(13-16)19-7-6-15-4-2-3-5-17(15)21-19/h2-8,10,12,16H,9,11,13H2,1H3. The lowest BCUT2D eigenvalue weighted by Crippen LogP contribution is -2.25. The fraction of sp³-hybridized carbons (Fsp3) is 0.263. The monoisotopic (exact) mass is 305 g/mol. The van der Waals surface area contributed by atoms with Crippen LogP contribution in [0.4, 0.5) is 5.82 Å². The number of ether oxygens (including phenoxy) is 1. The summed E-state index contributed by atoms with van der Waals surface area (Å²) in [6.45, 7) is 3.87. The van der Waals surface area contributed by atoms with Gasteiger partial charge in [0.1, 0.15) is 17.7 Å². The normalized spacial score (nSPS) is 17.6. The zero-order valence-electron chi connectivity index (χ0n) is 13.1. The fourth-order valence-corrected chi connectivity index (χ4v) is 3.04. The zero-order valence-corrected chi connectivity index (χ0v) is 13.1. The first-order chi connectivity index (χ1) is 11.3. The number of aryl methyl sites for hydroxylation is 1. The van der Waals surface area contributed by atoms with Crippen molar-refractivity contribution >= 4 is 16.7 Å². The van der Waals surface area contributed by atoms with Crippen LogP contribution in [-0.2, 0) is 0 Å². The van der Waals surface area contributed by atoms with Crippen molar-refractivity contribution in [3.05, 3.63) is 60.4 Å². The lowest BCUT2D eigenvalue weighted by atomic mass is 10.2. The van der Waals surface area contributed by atoms with Crippen molar-refractivity contribution in [3.8, 4) is 5.75 Å². The van der Waals surface area contributed by atoms with E-state index in [-0.39, 0.29) is 6.10 Å². The molecule has 1 unspecified atom stereocenters. The first-order valence-corrected chi connectivity index (χ1v) is 7.97. The van der Waals surface area contributed by atoms with Crippen molar-refractivity contribution in [1.29, 1.82) is 0 Å². The van der Waals surface area contributed by atoms with E-state index in [1.54, 1.807) is 6.20 Å². The smallest absolute Gasteiger partial charge is 0.129 e. The minimum Gasteiger partial charge on any atom is -0.488 e. The van der Waals surface area contributed by atoms with Gasteiger partial charge in [-0.25, -0.2) is 4.98 Å². The molecular weight excluding hydrogens is 286 g/mol. The highest BCUT2D eigenvalue weighted by atomic mass is 16.5. The van der Waals surface area contributed by atoms with E-state index < -0.39 is 0 Å². The van der Waals surface area contributed by atoms with Crippen LogP contribution in [0.25, 0.3) is 10.9 Å². The second-order valence-electron chi connectivity index (χ2n) is 5.98. The third-order valence-corrected chi connectivity index (χ3v) is 4.32. The molecule has 2 aromatic heterocycles. The summed E-state index contributed by atoms with van der Waals surface area (Å²) >= 11 is 0. The molecule has 116 valence electrons. The molecule has 0 saturated carbocycles. The van der Waals surface area contributed by atoms with Crippen LogP contribution in [0.5, 0.6) is 5.75 Å². The van der Waals surface area contributed by atoms with Crippen LogP contribution in [0.1, 0.15) is 12.0 Å². The van der Waals surface area contributed by atoms with Crippen LogP contribution in [0.2, 0.25) is 0 Å². The Morgan fingerprint density at radius 1 is 1.13 bits per heavy atom. The van der Waals surface area contributed by atoms with Crippen molar-refractivity contribution in [2.75, 3.05) is 18.0 Å². The van der Waals surface area contributed by atoms with Gasteiger partial charge in [-0.1, -0.05) is 18.2 Å². The summed E-state index contributed by atoms with van der Waals surface area (Å²) in [5.74, 6) is 1.96. The van der Waals surface area contributed by atoms with E-state index in [1.807, 2.05) is 31.3 Å². The summed E-state index contributed by atoms with van der Waals surface area (Å²) in [6, 6.07) is 14.4. The van der Waals surface area contributed by atoms with Crippen LogP contribution in [0.3, 0.4) is 0 Å². The molecule has 23 heavy (non-hydrogen) atoms. The van der Waals surface area contributed by atoms with Gasteiger partial charge in [0.05, 0.1) is 12.1 Å². The minimum atomic E-state index is 0.198. The number of hydrogen-bond acceptors (Lipinski definition) is 4. The van der Waals surface area contributed by atoms with Crippen LogP contribution in [0.15, 0.2) is 54.9 Å². The van der Waals surface area contributed by atoms with E-state index in [0.29, 0.717) is 0 Å². The predicted octanol–water partition coefficient (Wildman–Crippen LogP) is 3.60. The first kappa shape index (κ1) is 14.0. The number of rotatable bonds is 3. The second kappa shape index (κ2) is 5.88. The summed E-state index contributed by atoms with van der Waals surface area (Å²) in [6.07, 6.45) is 4.83. The molecule has 1 aromatic carbocycles. The Labute approximate surface area is 135 Å². The second-order valence-corrected chi connectivity index (χ2v) is 5.98. The van der Waals surface area contributed by atoms with Crippen molar-refractivity contribution < 1.29 is 4.74 Å². The molecule has 0 radical (unpaired) electrons. The van der Waals surface area contributed by atoms with Gasteiger partial charge < -0.3 is 9.64 Å². The van der Waals surface area contributed by atoms with Gasteiger partial charge in [0, 0.05) is 36.3 Å². The highest BCUT2D eigenvalue weighted by Crippen LogP contribution is 2.25. The van der Waals surface area contributed by atoms with Gasteiger partial charge in [0.25, 0.3) is 0 Å². The SMILES string of the molecule is Cc1cnccc1OC1CCN(c2ccc3ccccc3n2)C1. The molecule has 0 N–H and O–H groups in total. The molecule has 1 atom stereocenters. The molecule has 1 aliphatic rings. The van der Waals surface area contributed by atoms with Gasteiger partial charge in [0.2, 0.25) is 0 Å². The summed E-state index contributed by atoms with van der Waals surface area (Å²) in [5, 5.41) is 1.18. The molecule has 4 nitrogen and oxygen atoms in total. The third kappa shape index (κ3) is 2.84. The molecule has 0 amide bonds. The van der Waals surface area contributed by atoms with E-state index in [2.05, 4.69) is 34.1 Å². The van der Waals surface area contributed by atoms with Crippen molar-refractivity contribution in [2.45, 2.75) is 19.4 Å². The Bertz CT molecular complexity index is 833. The van der Waals surface area contributed by atoms with Gasteiger partial charge in [0.15, 0.2) is 0 Å². The lowest BCUT2D eigenvalue weighted by Gasteiger charge is -2.19. The maximum atomic E-state index is 6.14. The van der Waals surface area contributed by atoms with Crippen molar-refractivity contribution in [2.24, 2.45) is 0 Å². The van der Waals surface area contributed by atoms with Crippen LogP contribution >= 0.6 is 0 Å². The summed E-state index contributed by atoms with van der Waals surface area (Å²) in [4.78, 5) is 11.2. The fourth-order valence-electron chi connectivity index (χ4n) is 3.04. The summed E-state index contributed by atoms with van der Waals surface area (Å²) in [5.41, 5.74) is 2.12. The molecule has 1 aliphatic heterocycles. The van der Waals surface area contributed by atoms with E-state index in [9.17, 15) is 0 Å². The molecule has 0 bridgehead atoms. The first-order valence-electron chi connectivity index (χ1n) is 7.97. The molecule has 3 aromatic rings. The molecule has 0 aliphatic carbocycles. The van der Waals surface area contributed by atoms with Gasteiger partial charge in [-0.3, -0.25) is 4.98 Å². The number of fused-ring (bicyclic) bond motifs is 1. The summed E-state index contributed by atoms with van der Waals surface area (Å²) in [7, 11) is 0. The largest absolute Gasteiger partial charge is 0.488 e. The van der Waals surface area contributed by atoms with E-state index in [4.69, 9.17) is 9.72 Å². The minimum absolute atomic E-state index is 0.198. The highest BCUT2D eigenvalue weighted by molar-refractivity contribution is 5.80. The van der Waals surface area contributed by atoms with Crippen LogP contribution in [0, 0.1) is 6.92 Å². The van der Waals surface area contributed by atoms with Gasteiger partial charge in [-0.2, -0.15) is 0 Å². The maximum Gasteiger partial charge on any atom is 0.129 e. The molecule has 0 spiro atoms. The third-order valence-electron chi connectivity index (χ3n) is 4.32. The Balaban J connectivity index is 1.50. The number of pyridine rings is 2. The van der Waals surface area contributed by atoms with Gasteiger partial charge in [-0.15, -0.1) is 0 Å².